The number of unbranched alkanes of at least 4 members (excludes halogenated alkanes) is 3. The average molecular weight is 245 g/mol. The van der Waals surface area contributed by atoms with Crippen LogP contribution < -0.4 is 0 Å². The van der Waals surface area contributed by atoms with Crippen molar-refractivity contribution in [2.24, 2.45) is 0 Å². The number of aliphatic hydroxyl groups is 1. The zero-order valence-corrected chi connectivity index (χ0v) is 10.3. The van der Waals surface area contributed by atoms with Gasteiger partial charge in [-0.2, -0.15) is 0 Å². The molecule has 1 unspecified atom stereocenters. The van der Waals surface area contributed by atoms with Crippen LogP contribution in [0.15, 0.2) is 18.2 Å². The highest BCUT2D eigenvalue weighted by Crippen LogP contribution is 2.24. The normalized spacial score (nSPS) is 12.8. The fourth-order valence-corrected chi connectivity index (χ4v) is 1.85. The second-order valence-electron chi connectivity index (χ2n) is 4.03. The minimum atomic E-state index is -0.714. The molecule has 0 aliphatic heterocycles. The molecule has 1 aromatic carbocycles. The first kappa shape index (κ1) is 13.5. The predicted octanol–water partition coefficient (Wildman–Crippen LogP) is 4.48. The Morgan fingerprint density at radius 3 is 2.69 bits per heavy atom. The van der Waals surface area contributed by atoms with Crippen molar-refractivity contribution in [1.29, 1.82) is 0 Å². The molecule has 1 N–H and O–H groups in total. The van der Waals surface area contributed by atoms with E-state index in [-0.39, 0.29) is 0 Å². The molecule has 0 saturated carbocycles. The maximum Gasteiger partial charge on any atom is 0.130 e. The van der Waals surface area contributed by atoms with Crippen molar-refractivity contribution in [2.45, 2.75) is 45.1 Å². The van der Waals surface area contributed by atoms with Crippen LogP contribution in [0.25, 0.3) is 0 Å². The summed E-state index contributed by atoms with van der Waals surface area (Å²) in [7, 11) is 0. The molecule has 0 aliphatic carbocycles. The van der Waals surface area contributed by atoms with Gasteiger partial charge in [0.25, 0.3) is 0 Å². The highest BCUT2D eigenvalue weighted by atomic mass is 35.5. The predicted molar refractivity (Wildman–Crippen MR) is 65.1 cm³/mol. The van der Waals surface area contributed by atoms with Crippen molar-refractivity contribution in [3.8, 4) is 0 Å². The monoisotopic (exact) mass is 244 g/mol. The van der Waals surface area contributed by atoms with Crippen molar-refractivity contribution in [1.82, 2.24) is 0 Å². The van der Waals surface area contributed by atoms with Gasteiger partial charge in [-0.15, -0.1) is 0 Å². The lowest BCUT2D eigenvalue weighted by molar-refractivity contribution is 0.159. The molecular formula is C13H18ClFO. The van der Waals surface area contributed by atoms with Gasteiger partial charge in [0.1, 0.15) is 5.82 Å². The Labute approximate surface area is 101 Å². The lowest BCUT2D eigenvalue weighted by Gasteiger charge is -2.11. The third-order valence-corrected chi connectivity index (χ3v) is 2.89. The minimum absolute atomic E-state index is 0.348. The lowest BCUT2D eigenvalue weighted by atomic mass is 10.0. The van der Waals surface area contributed by atoms with Gasteiger partial charge in [-0.3, -0.25) is 0 Å². The fraction of sp³-hybridized carbons (Fsp3) is 0.538. The Balaban J connectivity index is 2.49. The van der Waals surface area contributed by atoms with Crippen LogP contribution >= 0.6 is 11.6 Å². The summed E-state index contributed by atoms with van der Waals surface area (Å²) in [5.74, 6) is -0.421. The maximum atomic E-state index is 13.4. The third-order valence-electron chi connectivity index (χ3n) is 2.65. The number of aliphatic hydroxyl groups excluding tert-OH is 1. The number of hydrogen-bond acceptors (Lipinski definition) is 1. The van der Waals surface area contributed by atoms with Gasteiger partial charge < -0.3 is 5.11 Å². The quantitative estimate of drug-likeness (QED) is 0.732. The summed E-state index contributed by atoms with van der Waals surface area (Å²) < 4.78 is 13.4. The third kappa shape index (κ3) is 4.11. The van der Waals surface area contributed by atoms with E-state index in [4.69, 9.17) is 11.6 Å². The summed E-state index contributed by atoms with van der Waals surface area (Å²) in [5.41, 5.74) is 0.348. The van der Waals surface area contributed by atoms with Crippen LogP contribution in [0, 0.1) is 5.82 Å². The maximum absolute atomic E-state index is 13.4. The number of rotatable bonds is 6. The SMILES string of the molecule is CCCCCCC(O)c1ccc(Cl)cc1F. The van der Waals surface area contributed by atoms with E-state index in [1.807, 2.05) is 0 Å². The van der Waals surface area contributed by atoms with Crippen molar-refractivity contribution in [3.05, 3.63) is 34.6 Å². The molecule has 90 valence electrons. The number of halogens is 2. The van der Waals surface area contributed by atoms with Crippen LogP contribution in [0.2, 0.25) is 5.02 Å². The van der Waals surface area contributed by atoms with E-state index < -0.39 is 11.9 Å². The van der Waals surface area contributed by atoms with Crippen LogP contribution in [0.4, 0.5) is 4.39 Å². The molecule has 0 amide bonds. The Hall–Kier alpha value is -0.600. The van der Waals surface area contributed by atoms with E-state index in [0.717, 1.165) is 25.7 Å². The van der Waals surface area contributed by atoms with Crippen LogP contribution in [0.3, 0.4) is 0 Å². The second kappa shape index (κ2) is 6.87. The molecule has 1 rings (SSSR count). The van der Waals surface area contributed by atoms with E-state index >= 15 is 0 Å². The molecule has 0 spiro atoms. The molecular weight excluding hydrogens is 227 g/mol. The van der Waals surface area contributed by atoms with Crippen LogP contribution in [-0.4, -0.2) is 5.11 Å². The van der Waals surface area contributed by atoms with Crippen molar-refractivity contribution < 1.29 is 9.50 Å². The Kier molecular flexibility index (Phi) is 5.78. The molecule has 0 bridgehead atoms. The minimum Gasteiger partial charge on any atom is -0.388 e. The number of benzene rings is 1. The molecule has 0 radical (unpaired) electrons. The van der Waals surface area contributed by atoms with Gasteiger partial charge in [0.05, 0.1) is 6.10 Å². The molecule has 0 aliphatic rings. The van der Waals surface area contributed by atoms with Gasteiger partial charge >= 0.3 is 0 Å². The highest BCUT2D eigenvalue weighted by molar-refractivity contribution is 6.30. The van der Waals surface area contributed by atoms with Gasteiger partial charge in [-0.05, 0) is 18.6 Å². The number of hydrogen-bond donors (Lipinski definition) is 1. The fourth-order valence-electron chi connectivity index (χ4n) is 1.69. The molecule has 1 nitrogen and oxygen atoms in total. The van der Waals surface area contributed by atoms with E-state index in [0.29, 0.717) is 17.0 Å². The van der Waals surface area contributed by atoms with Crippen LogP contribution in [0.5, 0.6) is 0 Å². The smallest absolute Gasteiger partial charge is 0.130 e. The Bertz CT molecular complexity index is 328. The molecule has 16 heavy (non-hydrogen) atoms. The van der Waals surface area contributed by atoms with Gasteiger partial charge in [-0.1, -0.05) is 50.3 Å². The van der Waals surface area contributed by atoms with Crippen molar-refractivity contribution in [3.63, 3.8) is 0 Å². The summed E-state index contributed by atoms with van der Waals surface area (Å²) >= 11 is 5.65. The van der Waals surface area contributed by atoms with Crippen LogP contribution in [0.1, 0.15) is 50.7 Å². The largest absolute Gasteiger partial charge is 0.388 e. The second-order valence-corrected chi connectivity index (χ2v) is 4.47. The molecule has 0 saturated heterocycles. The van der Waals surface area contributed by atoms with Gasteiger partial charge in [0.15, 0.2) is 0 Å². The molecule has 1 aromatic rings. The van der Waals surface area contributed by atoms with E-state index in [1.165, 1.54) is 6.07 Å². The van der Waals surface area contributed by atoms with Gasteiger partial charge in [-0.25, -0.2) is 4.39 Å². The molecule has 3 heteroatoms. The first-order valence-corrected chi connectivity index (χ1v) is 6.16. The molecule has 0 heterocycles. The van der Waals surface area contributed by atoms with Crippen molar-refractivity contribution in [2.75, 3.05) is 0 Å². The summed E-state index contributed by atoms with van der Waals surface area (Å²) in [4.78, 5) is 0. The van der Waals surface area contributed by atoms with Crippen LogP contribution in [-0.2, 0) is 0 Å². The first-order valence-electron chi connectivity index (χ1n) is 5.78. The Morgan fingerprint density at radius 2 is 2.06 bits per heavy atom. The summed E-state index contributed by atoms with van der Waals surface area (Å²) in [6, 6.07) is 4.41. The standard InChI is InChI=1S/C13H18ClFO/c1-2-3-4-5-6-13(16)11-8-7-10(14)9-12(11)15/h7-9,13,16H,2-6H2,1H3. The van der Waals surface area contributed by atoms with Gasteiger partial charge in [0.2, 0.25) is 0 Å². The highest BCUT2D eigenvalue weighted by Gasteiger charge is 2.12. The molecule has 0 aromatic heterocycles. The van der Waals surface area contributed by atoms with Gasteiger partial charge in [0, 0.05) is 10.6 Å². The van der Waals surface area contributed by atoms with E-state index in [2.05, 4.69) is 6.92 Å². The topological polar surface area (TPSA) is 20.2 Å². The lowest BCUT2D eigenvalue weighted by Crippen LogP contribution is -2.00. The van der Waals surface area contributed by atoms with Crippen molar-refractivity contribution >= 4 is 11.6 Å². The first-order chi connectivity index (χ1) is 7.65. The van der Waals surface area contributed by atoms with E-state index in [1.54, 1.807) is 12.1 Å². The zero-order valence-electron chi connectivity index (χ0n) is 9.55. The zero-order chi connectivity index (χ0) is 12.0. The molecule has 0 fully saturated rings. The summed E-state index contributed by atoms with van der Waals surface area (Å²) in [5, 5.41) is 10.2. The molecule has 1 atom stereocenters. The Morgan fingerprint density at radius 1 is 1.31 bits per heavy atom. The average Bonchev–Trinajstić information content (AvgIpc) is 2.24. The van der Waals surface area contributed by atoms with E-state index in [9.17, 15) is 9.50 Å². The summed E-state index contributed by atoms with van der Waals surface area (Å²) in [6.45, 7) is 2.13. The summed E-state index contributed by atoms with van der Waals surface area (Å²) in [6.07, 6.45) is 4.23.